The number of hydrogen-bond acceptors (Lipinski definition) is 1. The Morgan fingerprint density at radius 3 is 2.25 bits per heavy atom. The third kappa shape index (κ3) is 3.47. The van der Waals surface area contributed by atoms with Crippen molar-refractivity contribution in [1.29, 1.82) is 0 Å². The molecule has 8 heavy (non-hydrogen) atoms. The van der Waals surface area contributed by atoms with E-state index in [2.05, 4.69) is 13.2 Å². The van der Waals surface area contributed by atoms with Crippen molar-refractivity contribution < 1.29 is 4.74 Å². The van der Waals surface area contributed by atoms with Crippen molar-refractivity contribution in [3.63, 3.8) is 0 Å². The molecular weight excluding hydrogens is 100 g/mol. The average Bonchev–Trinajstić information content (AvgIpc) is 1.65. The lowest BCUT2D eigenvalue weighted by Gasteiger charge is -2.07. The molecule has 0 saturated heterocycles. The third-order valence-corrected chi connectivity index (χ3v) is 0.615. The molecular formula is C7H12O. The average molecular weight is 112 g/mol. The highest BCUT2D eigenvalue weighted by atomic mass is 16.5. The zero-order chi connectivity index (χ0) is 6.57. The summed E-state index contributed by atoms with van der Waals surface area (Å²) in [6, 6.07) is 0. The molecule has 0 heterocycles. The van der Waals surface area contributed by atoms with Gasteiger partial charge in [-0.25, -0.2) is 0 Å². The molecule has 0 radical (unpaired) electrons. The Morgan fingerprint density at radius 2 is 2.12 bits per heavy atom. The fraction of sp³-hybridized carbons (Fsp3) is 0.429. The summed E-state index contributed by atoms with van der Waals surface area (Å²) in [5.74, 6) is 0.639. The summed E-state index contributed by atoms with van der Waals surface area (Å²) in [4.78, 5) is 0. The van der Waals surface area contributed by atoms with Crippen molar-refractivity contribution in [1.82, 2.24) is 0 Å². The largest absolute Gasteiger partial charge is 0.492 e. The number of ether oxygens (including phenoxy) is 1. The molecule has 0 aliphatic rings. The second-order valence-corrected chi connectivity index (χ2v) is 1.84. The van der Waals surface area contributed by atoms with Crippen molar-refractivity contribution in [3.05, 3.63) is 25.0 Å². The topological polar surface area (TPSA) is 9.23 Å². The van der Waals surface area contributed by atoms with Crippen LogP contribution in [0.4, 0.5) is 0 Å². The maximum absolute atomic E-state index is 5.09. The van der Waals surface area contributed by atoms with Gasteiger partial charge >= 0.3 is 0 Å². The van der Waals surface area contributed by atoms with Crippen LogP contribution in [0.2, 0.25) is 0 Å². The van der Waals surface area contributed by atoms with E-state index in [9.17, 15) is 0 Å². The Hall–Kier alpha value is -0.720. The Morgan fingerprint density at radius 1 is 1.62 bits per heavy atom. The molecule has 0 rings (SSSR count). The summed E-state index contributed by atoms with van der Waals surface area (Å²) in [5, 5.41) is 0. The molecule has 0 amide bonds. The van der Waals surface area contributed by atoms with E-state index in [0.717, 1.165) is 0 Å². The van der Waals surface area contributed by atoms with Crippen LogP contribution in [0, 0.1) is 0 Å². The fourth-order valence-electron chi connectivity index (χ4n) is 0.351. The lowest BCUT2D eigenvalue weighted by Crippen LogP contribution is -1.98. The normalized spacial score (nSPS) is 8.88. The van der Waals surface area contributed by atoms with Crippen LogP contribution in [0.25, 0.3) is 0 Å². The van der Waals surface area contributed by atoms with Gasteiger partial charge in [-0.05, 0) is 19.9 Å². The van der Waals surface area contributed by atoms with Crippen LogP contribution in [0.5, 0.6) is 0 Å². The van der Waals surface area contributed by atoms with Gasteiger partial charge < -0.3 is 4.74 Å². The second-order valence-electron chi connectivity index (χ2n) is 1.84. The SMILES string of the molecule is C=CC(=C)OC(C)C. The van der Waals surface area contributed by atoms with Gasteiger partial charge in [0, 0.05) is 0 Å². The molecule has 1 nitrogen and oxygen atoms in total. The van der Waals surface area contributed by atoms with E-state index in [-0.39, 0.29) is 6.10 Å². The number of allylic oxidation sites excluding steroid dienone is 1. The first-order chi connectivity index (χ1) is 3.66. The molecule has 0 aliphatic heterocycles. The van der Waals surface area contributed by atoms with Crippen molar-refractivity contribution >= 4 is 0 Å². The van der Waals surface area contributed by atoms with Crippen LogP contribution >= 0.6 is 0 Å². The van der Waals surface area contributed by atoms with Crippen LogP contribution in [0.1, 0.15) is 13.8 Å². The fourth-order valence-corrected chi connectivity index (χ4v) is 0.351. The van der Waals surface area contributed by atoms with Gasteiger partial charge in [-0.2, -0.15) is 0 Å². The Kier molecular flexibility index (Phi) is 3.01. The minimum absolute atomic E-state index is 0.209. The molecule has 0 N–H and O–H groups in total. The zero-order valence-corrected chi connectivity index (χ0v) is 5.48. The van der Waals surface area contributed by atoms with Gasteiger partial charge in [-0.1, -0.05) is 13.2 Å². The van der Waals surface area contributed by atoms with E-state index < -0.39 is 0 Å². The summed E-state index contributed by atoms with van der Waals surface area (Å²) < 4.78 is 5.09. The summed E-state index contributed by atoms with van der Waals surface area (Å²) in [6.07, 6.45) is 1.81. The minimum Gasteiger partial charge on any atom is -0.492 e. The Labute approximate surface area is 50.7 Å². The lowest BCUT2D eigenvalue weighted by molar-refractivity contribution is 0.159. The van der Waals surface area contributed by atoms with Gasteiger partial charge in [0.15, 0.2) is 0 Å². The predicted molar refractivity (Wildman–Crippen MR) is 35.6 cm³/mol. The van der Waals surface area contributed by atoms with Gasteiger partial charge in [0.2, 0.25) is 0 Å². The van der Waals surface area contributed by atoms with E-state index in [1.807, 2.05) is 13.8 Å². The van der Waals surface area contributed by atoms with E-state index in [1.165, 1.54) is 0 Å². The van der Waals surface area contributed by atoms with Gasteiger partial charge in [0.25, 0.3) is 0 Å². The molecule has 0 aliphatic carbocycles. The zero-order valence-electron chi connectivity index (χ0n) is 5.48. The maximum atomic E-state index is 5.09. The lowest BCUT2D eigenvalue weighted by atomic mass is 10.4. The highest BCUT2D eigenvalue weighted by Crippen LogP contribution is 1.98. The van der Waals surface area contributed by atoms with Crippen LogP contribution in [-0.2, 0) is 4.74 Å². The number of rotatable bonds is 3. The van der Waals surface area contributed by atoms with Gasteiger partial charge in [-0.15, -0.1) is 0 Å². The molecule has 0 aromatic rings. The van der Waals surface area contributed by atoms with Crippen molar-refractivity contribution in [2.24, 2.45) is 0 Å². The highest BCUT2D eigenvalue weighted by molar-refractivity contribution is 5.01. The first-order valence-electron chi connectivity index (χ1n) is 2.65. The van der Waals surface area contributed by atoms with Crippen LogP contribution in [-0.4, -0.2) is 6.10 Å². The van der Waals surface area contributed by atoms with Crippen LogP contribution in [0.3, 0.4) is 0 Å². The molecule has 0 fully saturated rings. The third-order valence-electron chi connectivity index (χ3n) is 0.615. The Bertz CT molecular complexity index is 92.6. The van der Waals surface area contributed by atoms with Gasteiger partial charge in [-0.3, -0.25) is 0 Å². The number of hydrogen-bond donors (Lipinski definition) is 0. The first-order valence-corrected chi connectivity index (χ1v) is 2.65. The molecule has 1 heteroatoms. The Balaban J connectivity index is 3.39. The molecule has 0 bridgehead atoms. The molecule has 0 spiro atoms. The standard InChI is InChI=1S/C7H12O/c1-5-7(4)8-6(2)3/h5-6H,1,4H2,2-3H3. The maximum Gasteiger partial charge on any atom is 0.111 e. The van der Waals surface area contributed by atoms with Gasteiger partial charge in [0.1, 0.15) is 5.76 Å². The van der Waals surface area contributed by atoms with E-state index in [1.54, 1.807) is 6.08 Å². The second kappa shape index (κ2) is 3.30. The van der Waals surface area contributed by atoms with E-state index >= 15 is 0 Å². The van der Waals surface area contributed by atoms with Crippen LogP contribution < -0.4 is 0 Å². The summed E-state index contributed by atoms with van der Waals surface area (Å²) in [5.41, 5.74) is 0. The van der Waals surface area contributed by atoms with E-state index in [4.69, 9.17) is 4.74 Å². The predicted octanol–water partition coefficient (Wildman–Crippen LogP) is 2.11. The molecule has 0 aromatic carbocycles. The quantitative estimate of drug-likeness (QED) is 0.401. The summed E-state index contributed by atoms with van der Waals surface area (Å²) >= 11 is 0. The van der Waals surface area contributed by atoms with Crippen molar-refractivity contribution in [3.8, 4) is 0 Å². The molecule has 0 saturated carbocycles. The monoisotopic (exact) mass is 112 g/mol. The minimum atomic E-state index is 0.209. The highest BCUT2D eigenvalue weighted by Gasteiger charge is 1.90. The van der Waals surface area contributed by atoms with Crippen molar-refractivity contribution in [2.45, 2.75) is 20.0 Å². The summed E-state index contributed by atoms with van der Waals surface area (Å²) in [6.45, 7) is 11.0. The van der Waals surface area contributed by atoms with Crippen molar-refractivity contribution in [2.75, 3.05) is 0 Å². The molecule has 0 aromatic heterocycles. The van der Waals surface area contributed by atoms with E-state index in [0.29, 0.717) is 5.76 Å². The van der Waals surface area contributed by atoms with Crippen LogP contribution in [0.15, 0.2) is 25.0 Å². The molecule has 46 valence electrons. The summed E-state index contributed by atoms with van der Waals surface area (Å²) in [7, 11) is 0. The smallest absolute Gasteiger partial charge is 0.111 e. The molecule has 0 atom stereocenters. The first kappa shape index (κ1) is 7.28. The van der Waals surface area contributed by atoms with Gasteiger partial charge in [0.05, 0.1) is 6.10 Å². The molecule has 0 unspecified atom stereocenters.